The third kappa shape index (κ3) is 2.24. The molecule has 3 unspecified atom stereocenters. The molecule has 1 aliphatic carbocycles. The number of imidazole rings is 1. The Hall–Kier alpha value is -1.03. The van der Waals surface area contributed by atoms with Gasteiger partial charge in [-0.1, -0.05) is 20.3 Å². The number of aromatic nitrogens is 4. The summed E-state index contributed by atoms with van der Waals surface area (Å²) in [5, 5.41) is 4.57. The maximum absolute atomic E-state index is 6.35. The van der Waals surface area contributed by atoms with E-state index in [4.69, 9.17) is 16.6 Å². The molecule has 20 heavy (non-hydrogen) atoms. The van der Waals surface area contributed by atoms with Gasteiger partial charge in [-0.3, -0.25) is 4.68 Å². The summed E-state index contributed by atoms with van der Waals surface area (Å²) in [6, 6.07) is 0. The number of nitrogens with zero attached hydrogens (tertiary/aromatic N) is 4. The molecule has 0 N–H and O–H groups in total. The Labute approximate surface area is 125 Å². The Morgan fingerprint density at radius 2 is 2.15 bits per heavy atom. The summed E-state index contributed by atoms with van der Waals surface area (Å²) in [5.41, 5.74) is 3.28. The molecule has 0 bridgehead atoms. The van der Waals surface area contributed by atoms with E-state index in [0.717, 1.165) is 53.9 Å². The molecule has 3 atom stereocenters. The van der Waals surface area contributed by atoms with E-state index in [2.05, 4.69) is 23.5 Å². The molecular formula is C15H23ClN4. The molecule has 1 aliphatic rings. The maximum Gasteiger partial charge on any atom is 0.158 e. The standard InChI is InChI=1S/C15H23ClN4/c1-5-6-12-13-15(19(4)18-12)20(8-11-7-9(11)2)14(17-13)10(3)16/h9-11H,5-8H2,1-4H3. The van der Waals surface area contributed by atoms with Crippen molar-refractivity contribution in [1.82, 2.24) is 19.3 Å². The van der Waals surface area contributed by atoms with Crippen LogP contribution in [0.25, 0.3) is 11.2 Å². The molecule has 2 heterocycles. The van der Waals surface area contributed by atoms with Crippen molar-refractivity contribution < 1.29 is 0 Å². The summed E-state index contributed by atoms with van der Waals surface area (Å²) >= 11 is 6.35. The number of fused-ring (bicyclic) bond motifs is 1. The van der Waals surface area contributed by atoms with Gasteiger partial charge in [0.15, 0.2) is 5.65 Å². The van der Waals surface area contributed by atoms with Crippen molar-refractivity contribution in [3.63, 3.8) is 0 Å². The fourth-order valence-electron chi connectivity index (χ4n) is 3.04. The summed E-state index contributed by atoms with van der Waals surface area (Å²) in [6.07, 6.45) is 3.38. The monoisotopic (exact) mass is 294 g/mol. The number of hydrogen-bond acceptors (Lipinski definition) is 2. The average molecular weight is 295 g/mol. The fourth-order valence-corrected chi connectivity index (χ4v) is 3.20. The second-order valence-electron chi connectivity index (χ2n) is 6.16. The van der Waals surface area contributed by atoms with Crippen molar-refractivity contribution >= 4 is 22.8 Å². The van der Waals surface area contributed by atoms with Crippen LogP contribution in [0.2, 0.25) is 0 Å². The third-order valence-electron chi connectivity index (χ3n) is 4.36. The summed E-state index contributed by atoms with van der Waals surface area (Å²) in [6.45, 7) is 7.51. The van der Waals surface area contributed by atoms with Gasteiger partial charge in [0.25, 0.3) is 0 Å². The van der Waals surface area contributed by atoms with Gasteiger partial charge in [-0.2, -0.15) is 5.10 Å². The minimum atomic E-state index is -0.0640. The summed E-state index contributed by atoms with van der Waals surface area (Å²) in [5.74, 6) is 2.59. The molecule has 5 heteroatoms. The Bertz CT molecular complexity index is 625. The lowest BCUT2D eigenvalue weighted by Crippen LogP contribution is -2.10. The molecule has 0 spiro atoms. The van der Waals surface area contributed by atoms with Crippen LogP contribution in [0.4, 0.5) is 0 Å². The topological polar surface area (TPSA) is 35.6 Å². The second kappa shape index (κ2) is 5.06. The number of hydrogen-bond donors (Lipinski definition) is 0. The van der Waals surface area contributed by atoms with Crippen molar-refractivity contribution in [2.75, 3.05) is 0 Å². The third-order valence-corrected chi connectivity index (χ3v) is 4.55. The van der Waals surface area contributed by atoms with E-state index in [1.807, 2.05) is 18.7 Å². The van der Waals surface area contributed by atoms with Gasteiger partial charge >= 0.3 is 0 Å². The van der Waals surface area contributed by atoms with E-state index in [9.17, 15) is 0 Å². The molecule has 0 radical (unpaired) electrons. The van der Waals surface area contributed by atoms with Gasteiger partial charge < -0.3 is 4.57 Å². The predicted octanol–water partition coefficient (Wildman–Crippen LogP) is 3.68. The number of halogens is 1. The second-order valence-corrected chi connectivity index (χ2v) is 6.82. The molecular weight excluding hydrogens is 272 g/mol. The van der Waals surface area contributed by atoms with Crippen LogP contribution in [-0.4, -0.2) is 19.3 Å². The zero-order valence-electron chi connectivity index (χ0n) is 12.7. The maximum atomic E-state index is 6.35. The van der Waals surface area contributed by atoms with Gasteiger partial charge in [0, 0.05) is 13.6 Å². The molecule has 0 aromatic carbocycles. The molecule has 3 rings (SSSR count). The van der Waals surface area contributed by atoms with E-state index in [1.165, 1.54) is 6.42 Å². The normalized spacial score (nSPS) is 23.4. The van der Waals surface area contributed by atoms with Crippen LogP contribution in [0.1, 0.15) is 50.5 Å². The Morgan fingerprint density at radius 3 is 2.70 bits per heavy atom. The van der Waals surface area contributed by atoms with Crippen LogP contribution in [0.3, 0.4) is 0 Å². The average Bonchev–Trinajstić information content (AvgIpc) is 2.83. The van der Waals surface area contributed by atoms with Crippen LogP contribution in [-0.2, 0) is 20.0 Å². The molecule has 0 aliphatic heterocycles. The number of rotatable bonds is 5. The SMILES string of the molecule is CCCc1nn(C)c2c1nc(C(C)Cl)n2CC1CC1C. The Balaban J connectivity index is 2.10. The summed E-state index contributed by atoms with van der Waals surface area (Å²) < 4.78 is 4.27. The molecule has 1 saturated carbocycles. The molecule has 2 aromatic rings. The minimum absolute atomic E-state index is 0.0640. The number of aryl methyl sites for hydroxylation is 2. The van der Waals surface area contributed by atoms with E-state index in [-0.39, 0.29) is 5.38 Å². The van der Waals surface area contributed by atoms with Gasteiger partial charge in [0.2, 0.25) is 0 Å². The van der Waals surface area contributed by atoms with Gasteiger partial charge in [0.05, 0.1) is 11.1 Å². The highest BCUT2D eigenvalue weighted by Crippen LogP contribution is 2.40. The molecule has 0 amide bonds. The molecule has 0 saturated heterocycles. The van der Waals surface area contributed by atoms with E-state index < -0.39 is 0 Å². The lowest BCUT2D eigenvalue weighted by atomic mass is 10.2. The van der Waals surface area contributed by atoms with Gasteiger partial charge in [0.1, 0.15) is 11.3 Å². The smallest absolute Gasteiger partial charge is 0.158 e. The first-order valence-electron chi connectivity index (χ1n) is 7.59. The Kier molecular flexibility index (Phi) is 3.53. The first kappa shape index (κ1) is 13.9. The van der Waals surface area contributed by atoms with Gasteiger partial charge in [-0.15, -0.1) is 11.6 Å². The van der Waals surface area contributed by atoms with Crippen LogP contribution < -0.4 is 0 Å². The van der Waals surface area contributed by atoms with Crippen molar-refractivity contribution in [2.24, 2.45) is 18.9 Å². The first-order valence-corrected chi connectivity index (χ1v) is 8.02. The predicted molar refractivity (Wildman–Crippen MR) is 82.0 cm³/mol. The highest BCUT2D eigenvalue weighted by molar-refractivity contribution is 6.20. The van der Waals surface area contributed by atoms with Crippen molar-refractivity contribution in [3.05, 3.63) is 11.5 Å². The van der Waals surface area contributed by atoms with Gasteiger partial charge in [-0.25, -0.2) is 4.98 Å². The van der Waals surface area contributed by atoms with Crippen molar-refractivity contribution in [1.29, 1.82) is 0 Å². The van der Waals surface area contributed by atoms with Crippen LogP contribution in [0, 0.1) is 11.8 Å². The van der Waals surface area contributed by atoms with Crippen LogP contribution in [0.5, 0.6) is 0 Å². The summed E-state index contributed by atoms with van der Waals surface area (Å²) in [4.78, 5) is 4.81. The fraction of sp³-hybridized carbons (Fsp3) is 0.733. The van der Waals surface area contributed by atoms with Gasteiger partial charge in [-0.05, 0) is 31.6 Å². The highest BCUT2D eigenvalue weighted by Gasteiger charge is 2.34. The van der Waals surface area contributed by atoms with E-state index >= 15 is 0 Å². The van der Waals surface area contributed by atoms with Crippen LogP contribution in [0.15, 0.2) is 0 Å². The largest absolute Gasteiger partial charge is 0.311 e. The molecule has 2 aromatic heterocycles. The van der Waals surface area contributed by atoms with Crippen molar-refractivity contribution in [3.8, 4) is 0 Å². The zero-order valence-corrected chi connectivity index (χ0v) is 13.5. The molecule has 110 valence electrons. The zero-order chi connectivity index (χ0) is 14.4. The summed E-state index contributed by atoms with van der Waals surface area (Å²) in [7, 11) is 2.01. The van der Waals surface area contributed by atoms with E-state index in [1.54, 1.807) is 0 Å². The minimum Gasteiger partial charge on any atom is -0.311 e. The molecule has 1 fully saturated rings. The first-order chi connectivity index (χ1) is 9.52. The Morgan fingerprint density at radius 1 is 1.45 bits per heavy atom. The molecule has 4 nitrogen and oxygen atoms in total. The quantitative estimate of drug-likeness (QED) is 0.789. The lowest BCUT2D eigenvalue weighted by Gasteiger charge is -2.10. The lowest BCUT2D eigenvalue weighted by molar-refractivity contribution is 0.566. The highest BCUT2D eigenvalue weighted by atomic mass is 35.5. The number of alkyl halides is 1. The van der Waals surface area contributed by atoms with Crippen LogP contribution >= 0.6 is 11.6 Å². The van der Waals surface area contributed by atoms with Crippen molar-refractivity contribution in [2.45, 2.75) is 52.0 Å². The van der Waals surface area contributed by atoms with E-state index in [0.29, 0.717) is 0 Å².